The Hall–Kier alpha value is -0.330. The summed E-state index contributed by atoms with van der Waals surface area (Å²) in [5.74, 6) is -0.195. The van der Waals surface area contributed by atoms with Crippen molar-refractivity contribution in [3.05, 3.63) is 0 Å². The van der Waals surface area contributed by atoms with Crippen LogP contribution in [0.4, 0.5) is 0 Å². The monoisotopic (exact) mass is 327 g/mol. The second-order valence-electron chi connectivity index (χ2n) is 6.19. The van der Waals surface area contributed by atoms with Gasteiger partial charge in [0.1, 0.15) is 11.6 Å². The van der Waals surface area contributed by atoms with Crippen molar-refractivity contribution < 1.29 is 17.9 Å². The summed E-state index contributed by atoms with van der Waals surface area (Å²) in [6.45, 7) is 9.09. The van der Waals surface area contributed by atoms with E-state index in [1.54, 1.807) is 20.8 Å². The number of esters is 1. The SMILES string of the molecule is CC(C)CC(NS(=O)(=O)CCCCl)C(=O)OC(C)(C)C. The minimum atomic E-state index is -3.52. The van der Waals surface area contributed by atoms with E-state index in [1.165, 1.54) is 0 Å². The molecule has 0 aliphatic rings. The fraction of sp³-hybridized carbons (Fsp3) is 0.923. The molecule has 0 fully saturated rings. The van der Waals surface area contributed by atoms with Gasteiger partial charge in [-0.05, 0) is 39.5 Å². The van der Waals surface area contributed by atoms with Gasteiger partial charge in [-0.25, -0.2) is 13.1 Å². The minimum absolute atomic E-state index is 0.0894. The summed E-state index contributed by atoms with van der Waals surface area (Å²) in [4.78, 5) is 12.1. The van der Waals surface area contributed by atoms with Gasteiger partial charge in [0.05, 0.1) is 5.75 Å². The Labute approximate surface area is 127 Å². The lowest BCUT2D eigenvalue weighted by molar-refractivity contribution is -0.157. The summed E-state index contributed by atoms with van der Waals surface area (Å²) in [6.07, 6.45) is 0.745. The standard InChI is InChI=1S/C13H26ClNO4S/c1-10(2)9-11(12(16)19-13(3,4)5)15-20(17,18)8-6-7-14/h10-11,15H,6-9H2,1-5H3. The van der Waals surface area contributed by atoms with Crippen LogP contribution in [0.2, 0.25) is 0 Å². The lowest BCUT2D eigenvalue weighted by Gasteiger charge is -2.25. The van der Waals surface area contributed by atoms with E-state index in [9.17, 15) is 13.2 Å². The normalized spacial score (nSPS) is 14.3. The van der Waals surface area contributed by atoms with E-state index >= 15 is 0 Å². The number of carbonyl (C=O) groups excluding carboxylic acids is 1. The smallest absolute Gasteiger partial charge is 0.324 e. The first-order chi connectivity index (χ1) is 8.97. The number of halogens is 1. The van der Waals surface area contributed by atoms with Crippen LogP contribution in [0.5, 0.6) is 0 Å². The second kappa shape index (κ2) is 8.20. The Morgan fingerprint density at radius 1 is 1.30 bits per heavy atom. The molecule has 5 nitrogen and oxygen atoms in total. The minimum Gasteiger partial charge on any atom is -0.459 e. The van der Waals surface area contributed by atoms with E-state index in [1.807, 2.05) is 13.8 Å². The molecule has 0 amide bonds. The van der Waals surface area contributed by atoms with Crippen molar-refractivity contribution >= 4 is 27.6 Å². The third-order valence-corrected chi connectivity index (χ3v) is 4.00. The molecule has 0 rings (SSSR count). The zero-order valence-corrected chi connectivity index (χ0v) is 14.5. The molecule has 0 spiro atoms. The van der Waals surface area contributed by atoms with Crippen LogP contribution in [0.3, 0.4) is 0 Å². The van der Waals surface area contributed by atoms with Gasteiger partial charge in [0.15, 0.2) is 0 Å². The molecule has 1 unspecified atom stereocenters. The molecule has 1 atom stereocenters. The average Bonchev–Trinajstić information content (AvgIpc) is 2.22. The van der Waals surface area contributed by atoms with Crippen molar-refractivity contribution in [1.82, 2.24) is 4.72 Å². The number of ether oxygens (including phenoxy) is 1. The summed E-state index contributed by atoms with van der Waals surface area (Å²) < 4.78 is 31.4. The summed E-state index contributed by atoms with van der Waals surface area (Å²) >= 11 is 5.49. The predicted molar refractivity (Wildman–Crippen MR) is 81.3 cm³/mol. The molecule has 7 heteroatoms. The van der Waals surface area contributed by atoms with E-state index in [-0.39, 0.29) is 17.6 Å². The molecule has 20 heavy (non-hydrogen) atoms. The van der Waals surface area contributed by atoms with Crippen LogP contribution in [0.1, 0.15) is 47.5 Å². The number of sulfonamides is 1. The van der Waals surface area contributed by atoms with Gasteiger partial charge in [-0.2, -0.15) is 0 Å². The maximum absolute atomic E-state index is 12.1. The van der Waals surface area contributed by atoms with Gasteiger partial charge < -0.3 is 4.74 Å². The highest BCUT2D eigenvalue weighted by Crippen LogP contribution is 2.13. The van der Waals surface area contributed by atoms with Crippen molar-refractivity contribution in [2.24, 2.45) is 5.92 Å². The second-order valence-corrected chi connectivity index (χ2v) is 8.45. The molecule has 0 bridgehead atoms. The Bertz CT molecular complexity index is 401. The van der Waals surface area contributed by atoms with E-state index in [0.29, 0.717) is 12.8 Å². The Morgan fingerprint density at radius 2 is 1.85 bits per heavy atom. The van der Waals surface area contributed by atoms with Crippen LogP contribution in [0.15, 0.2) is 0 Å². The van der Waals surface area contributed by atoms with Gasteiger partial charge >= 0.3 is 5.97 Å². The molecule has 0 aromatic rings. The number of rotatable bonds is 8. The summed E-state index contributed by atoms with van der Waals surface area (Å²) in [5.41, 5.74) is -0.645. The topological polar surface area (TPSA) is 72.5 Å². The van der Waals surface area contributed by atoms with Gasteiger partial charge in [-0.3, -0.25) is 4.79 Å². The highest BCUT2D eigenvalue weighted by molar-refractivity contribution is 7.89. The van der Waals surface area contributed by atoms with E-state index in [2.05, 4.69) is 4.72 Å². The van der Waals surface area contributed by atoms with Crippen LogP contribution >= 0.6 is 11.6 Å². The number of hydrogen-bond donors (Lipinski definition) is 1. The van der Waals surface area contributed by atoms with Crippen molar-refractivity contribution in [3.63, 3.8) is 0 Å². The lowest BCUT2D eigenvalue weighted by atomic mass is 10.0. The Balaban J connectivity index is 4.85. The molecule has 0 aliphatic heterocycles. The molecule has 1 N–H and O–H groups in total. The maximum atomic E-state index is 12.1. The van der Waals surface area contributed by atoms with Crippen LogP contribution in [-0.4, -0.2) is 37.7 Å². The molecule has 0 aromatic carbocycles. The highest BCUT2D eigenvalue weighted by Gasteiger charge is 2.29. The first kappa shape index (κ1) is 19.7. The van der Waals surface area contributed by atoms with E-state index in [4.69, 9.17) is 16.3 Å². The number of alkyl halides is 1. The highest BCUT2D eigenvalue weighted by atomic mass is 35.5. The average molecular weight is 328 g/mol. The van der Waals surface area contributed by atoms with Crippen molar-refractivity contribution in [2.45, 2.75) is 59.1 Å². The Morgan fingerprint density at radius 3 is 2.25 bits per heavy atom. The van der Waals surface area contributed by atoms with Crippen LogP contribution < -0.4 is 4.72 Å². The fourth-order valence-corrected chi connectivity index (χ4v) is 3.12. The fourth-order valence-electron chi connectivity index (χ4n) is 1.56. The largest absolute Gasteiger partial charge is 0.459 e. The summed E-state index contributed by atoms with van der Waals surface area (Å²) in [6, 6.07) is -0.852. The third-order valence-electron chi connectivity index (χ3n) is 2.27. The van der Waals surface area contributed by atoms with Crippen molar-refractivity contribution in [3.8, 4) is 0 Å². The van der Waals surface area contributed by atoms with Gasteiger partial charge in [0.2, 0.25) is 10.0 Å². The summed E-state index contributed by atoms with van der Waals surface area (Å²) in [7, 11) is -3.52. The quantitative estimate of drug-likeness (QED) is 0.548. The zero-order chi connectivity index (χ0) is 16.0. The van der Waals surface area contributed by atoms with Crippen LogP contribution in [0.25, 0.3) is 0 Å². The van der Waals surface area contributed by atoms with Crippen LogP contribution in [-0.2, 0) is 19.6 Å². The molecule has 0 saturated heterocycles. The Kier molecular flexibility index (Phi) is 8.06. The molecule has 0 aromatic heterocycles. The molecule has 0 radical (unpaired) electrons. The predicted octanol–water partition coefficient (Wildman–Crippen LogP) is 2.29. The molecule has 120 valence electrons. The molecule has 0 saturated carbocycles. The van der Waals surface area contributed by atoms with E-state index < -0.39 is 27.6 Å². The number of hydrogen-bond acceptors (Lipinski definition) is 4. The van der Waals surface area contributed by atoms with Gasteiger partial charge in [0, 0.05) is 5.88 Å². The zero-order valence-electron chi connectivity index (χ0n) is 12.9. The maximum Gasteiger partial charge on any atom is 0.324 e. The first-order valence-corrected chi connectivity index (χ1v) is 8.94. The van der Waals surface area contributed by atoms with Crippen molar-refractivity contribution in [2.75, 3.05) is 11.6 Å². The van der Waals surface area contributed by atoms with Gasteiger partial charge in [-0.15, -0.1) is 11.6 Å². The molecular formula is C13H26ClNO4S. The lowest BCUT2D eigenvalue weighted by Crippen LogP contribution is -2.45. The molecule has 0 aliphatic carbocycles. The third kappa shape index (κ3) is 9.55. The van der Waals surface area contributed by atoms with Gasteiger partial charge in [-0.1, -0.05) is 13.8 Å². The summed E-state index contributed by atoms with van der Waals surface area (Å²) in [5, 5.41) is 0. The van der Waals surface area contributed by atoms with Crippen molar-refractivity contribution in [1.29, 1.82) is 0 Å². The number of carbonyl (C=O) groups is 1. The van der Waals surface area contributed by atoms with Crippen LogP contribution in [0, 0.1) is 5.92 Å². The van der Waals surface area contributed by atoms with Gasteiger partial charge in [0.25, 0.3) is 0 Å². The number of nitrogens with one attached hydrogen (secondary N) is 1. The first-order valence-electron chi connectivity index (χ1n) is 6.75. The molecule has 0 heterocycles. The molecular weight excluding hydrogens is 302 g/mol. The van der Waals surface area contributed by atoms with E-state index in [0.717, 1.165) is 0 Å².